The molecule has 6 N–H and O–H groups in total. The van der Waals surface area contributed by atoms with Crippen LogP contribution in [0.4, 0.5) is 18.9 Å². The van der Waals surface area contributed by atoms with E-state index < -0.39 is 29.3 Å². The lowest BCUT2D eigenvalue weighted by molar-refractivity contribution is -0.137. The molecule has 19 heavy (non-hydrogen) atoms. The smallest absolute Gasteiger partial charge is 0.370 e. The van der Waals surface area contributed by atoms with Gasteiger partial charge in [0.1, 0.15) is 0 Å². The minimum Gasteiger partial charge on any atom is -0.370 e. The average Bonchev–Trinajstić information content (AvgIpc) is 2.18. The van der Waals surface area contributed by atoms with Gasteiger partial charge in [0.2, 0.25) is 5.96 Å². The minimum atomic E-state index is -4.70. The van der Waals surface area contributed by atoms with Crippen LogP contribution >= 0.6 is 23.2 Å². The summed E-state index contributed by atoms with van der Waals surface area (Å²) in [5.74, 6) is -1.00. The van der Waals surface area contributed by atoms with E-state index in [1.165, 1.54) is 0 Å². The van der Waals surface area contributed by atoms with Crippen molar-refractivity contribution in [3.63, 3.8) is 0 Å². The van der Waals surface area contributed by atoms with Crippen molar-refractivity contribution in [2.75, 3.05) is 0 Å². The summed E-state index contributed by atoms with van der Waals surface area (Å²) in [6.07, 6.45) is -4.70. The van der Waals surface area contributed by atoms with Crippen LogP contribution in [0.15, 0.2) is 22.1 Å². The van der Waals surface area contributed by atoms with Gasteiger partial charge in [-0.1, -0.05) is 23.2 Å². The van der Waals surface area contributed by atoms with Crippen LogP contribution in [-0.2, 0) is 6.18 Å². The fourth-order valence-electron chi connectivity index (χ4n) is 1.17. The number of hydrogen-bond acceptors (Lipinski definition) is 1. The molecule has 0 atom stereocenters. The Hall–Kier alpha value is -1.67. The number of guanidine groups is 2. The fraction of sp³-hybridized carbons (Fsp3) is 0.111. The maximum atomic E-state index is 12.8. The lowest BCUT2D eigenvalue weighted by Gasteiger charge is -2.11. The molecule has 0 aliphatic rings. The molecule has 0 aliphatic heterocycles. The molecule has 0 saturated carbocycles. The fourth-order valence-corrected chi connectivity index (χ4v) is 1.70. The quantitative estimate of drug-likeness (QED) is 0.547. The third kappa shape index (κ3) is 4.18. The number of benzene rings is 1. The summed E-state index contributed by atoms with van der Waals surface area (Å²) in [7, 11) is 0. The first kappa shape index (κ1) is 15.4. The molecule has 0 aliphatic carbocycles. The van der Waals surface area contributed by atoms with E-state index in [4.69, 9.17) is 40.4 Å². The highest BCUT2D eigenvalue weighted by Gasteiger charge is 2.35. The van der Waals surface area contributed by atoms with Crippen LogP contribution in [0.5, 0.6) is 0 Å². The van der Waals surface area contributed by atoms with Crippen molar-refractivity contribution in [1.82, 2.24) is 0 Å². The standard InChI is InChI=1S/C9H8Cl2F3N5/c10-3-1-4(9(12,13)14)6(5(11)2-3)18-8(17)19-7(15)16/h1-2H,(H6,15,16,17,18,19). The van der Waals surface area contributed by atoms with Crippen molar-refractivity contribution in [1.29, 1.82) is 0 Å². The van der Waals surface area contributed by atoms with Crippen LogP contribution in [0.25, 0.3) is 0 Å². The molecule has 0 fully saturated rings. The molecular weight excluding hydrogens is 306 g/mol. The van der Waals surface area contributed by atoms with Gasteiger partial charge in [-0.2, -0.15) is 18.2 Å². The first-order valence-corrected chi connectivity index (χ1v) is 5.37. The van der Waals surface area contributed by atoms with E-state index in [0.717, 1.165) is 6.07 Å². The number of hydrogen-bond donors (Lipinski definition) is 3. The summed E-state index contributed by atoms with van der Waals surface area (Å²) in [6.45, 7) is 0. The zero-order valence-electron chi connectivity index (χ0n) is 9.17. The Bertz CT molecular complexity index is 550. The predicted molar refractivity (Wildman–Crippen MR) is 68.6 cm³/mol. The second-order valence-corrected chi connectivity index (χ2v) is 4.13. The topological polar surface area (TPSA) is 103 Å². The molecule has 10 heteroatoms. The zero-order valence-corrected chi connectivity index (χ0v) is 10.7. The summed E-state index contributed by atoms with van der Waals surface area (Å²) in [6, 6.07) is 1.77. The molecule has 0 unspecified atom stereocenters. The van der Waals surface area contributed by atoms with E-state index in [1.807, 2.05) is 0 Å². The summed E-state index contributed by atoms with van der Waals surface area (Å²) in [5, 5.41) is -0.509. The average molecular weight is 314 g/mol. The Labute approximate surface area is 115 Å². The second-order valence-electron chi connectivity index (χ2n) is 3.29. The van der Waals surface area contributed by atoms with E-state index >= 15 is 0 Å². The first-order valence-electron chi connectivity index (χ1n) is 4.61. The van der Waals surface area contributed by atoms with Gasteiger partial charge < -0.3 is 17.2 Å². The molecule has 0 spiro atoms. The largest absolute Gasteiger partial charge is 0.418 e. The van der Waals surface area contributed by atoms with E-state index in [0.29, 0.717) is 6.07 Å². The Kier molecular flexibility index (Phi) is 4.48. The lowest BCUT2D eigenvalue weighted by Crippen LogP contribution is -2.26. The van der Waals surface area contributed by atoms with Gasteiger partial charge in [-0.15, -0.1) is 0 Å². The SMILES string of the molecule is NC(N)=NC(N)=Nc1c(Cl)cc(Cl)cc1C(F)(F)F. The van der Waals surface area contributed by atoms with Gasteiger partial charge in [0.15, 0.2) is 5.96 Å². The van der Waals surface area contributed by atoms with Crippen molar-refractivity contribution < 1.29 is 13.2 Å². The van der Waals surface area contributed by atoms with Crippen molar-refractivity contribution in [2.24, 2.45) is 27.2 Å². The molecule has 1 aromatic carbocycles. The number of rotatable bonds is 1. The van der Waals surface area contributed by atoms with Gasteiger partial charge in [0.25, 0.3) is 0 Å². The van der Waals surface area contributed by atoms with Crippen LogP contribution in [0, 0.1) is 0 Å². The molecule has 5 nitrogen and oxygen atoms in total. The van der Waals surface area contributed by atoms with Gasteiger partial charge in [0, 0.05) is 5.02 Å². The zero-order chi connectivity index (χ0) is 14.8. The number of alkyl halides is 3. The van der Waals surface area contributed by atoms with E-state index in [2.05, 4.69) is 9.98 Å². The van der Waals surface area contributed by atoms with Crippen LogP contribution < -0.4 is 17.2 Å². The van der Waals surface area contributed by atoms with Crippen LogP contribution in [0.1, 0.15) is 5.56 Å². The minimum absolute atomic E-state index is 0.184. The molecule has 0 bridgehead atoms. The Morgan fingerprint density at radius 2 is 1.68 bits per heavy atom. The van der Waals surface area contributed by atoms with E-state index in [-0.39, 0.29) is 10.0 Å². The second kappa shape index (κ2) is 5.54. The molecule has 1 rings (SSSR count). The van der Waals surface area contributed by atoms with E-state index in [1.54, 1.807) is 0 Å². The monoisotopic (exact) mass is 313 g/mol. The van der Waals surface area contributed by atoms with Gasteiger partial charge in [-0.3, -0.25) is 0 Å². The molecule has 0 saturated heterocycles. The van der Waals surface area contributed by atoms with E-state index in [9.17, 15) is 13.2 Å². The normalized spacial score (nSPS) is 12.4. The first-order chi connectivity index (χ1) is 8.61. The third-order valence-electron chi connectivity index (χ3n) is 1.80. The highest BCUT2D eigenvalue weighted by atomic mass is 35.5. The molecule has 0 amide bonds. The van der Waals surface area contributed by atoms with Crippen molar-refractivity contribution in [3.05, 3.63) is 27.7 Å². The molecule has 104 valence electrons. The number of nitrogens with two attached hydrogens (primary N) is 3. The highest BCUT2D eigenvalue weighted by Crippen LogP contribution is 2.42. The Balaban J connectivity index is 3.47. The summed E-state index contributed by atoms with van der Waals surface area (Å²) in [4.78, 5) is 6.74. The maximum absolute atomic E-state index is 12.8. The van der Waals surface area contributed by atoms with Gasteiger partial charge in [-0.25, -0.2) is 4.99 Å². The van der Waals surface area contributed by atoms with Crippen molar-refractivity contribution in [2.45, 2.75) is 6.18 Å². The molecular formula is C9H8Cl2F3N5. The summed E-state index contributed by atoms with van der Waals surface area (Å²) < 4.78 is 38.4. The van der Waals surface area contributed by atoms with Crippen LogP contribution in [0.3, 0.4) is 0 Å². The molecule has 1 aromatic rings. The van der Waals surface area contributed by atoms with Crippen LogP contribution in [0.2, 0.25) is 10.0 Å². The van der Waals surface area contributed by atoms with Crippen LogP contribution in [-0.4, -0.2) is 11.9 Å². The number of nitrogens with zero attached hydrogens (tertiary/aromatic N) is 2. The molecule has 0 radical (unpaired) electrons. The molecule has 0 aromatic heterocycles. The van der Waals surface area contributed by atoms with Crippen molar-refractivity contribution >= 4 is 40.8 Å². The summed E-state index contributed by atoms with van der Waals surface area (Å²) >= 11 is 11.2. The Morgan fingerprint density at radius 3 is 2.16 bits per heavy atom. The summed E-state index contributed by atoms with van der Waals surface area (Å²) in [5.41, 5.74) is 13.6. The maximum Gasteiger partial charge on any atom is 0.418 e. The Morgan fingerprint density at radius 1 is 1.11 bits per heavy atom. The lowest BCUT2D eigenvalue weighted by atomic mass is 10.1. The number of halogens is 5. The van der Waals surface area contributed by atoms with Crippen molar-refractivity contribution in [3.8, 4) is 0 Å². The number of aliphatic imine (C=N–C) groups is 2. The third-order valence-corrected chi connectivity index (χ3v) is 2.31. The van der Waals surface area contributed by atoms with Gasteiger partial charge in [0.05, 0.1) is 16.3 Å². The highest BCUT2D eigenvalue weighted by molar-refractivity contribution is 6.36. The predicted octanol–water partition coefficient (Wildman–Crippen LogP) is 2.23. The molecule has 0 heterocycles. The van der Waals surface area contributed by atoms with Gasteiger partial charge >= 0.3 is 6.18 Å². The van der Waals surface area contributed by atoms with Gasteiger partial charge in [-0.05, 0) is 12.1 Å².